The van der Waals surface area contributed by atoms with Crippen LogP contribution < -0.4 is 5.73 Å². The standard InChI is InChI=1S/C17H20N2OS/c1-19(12-13-6-8-16(21-2)9-7-13)17(20)11-14-4-3-5-15(18)10-14/h3-10H,11-12,18H2,1-2H3. The number of likely N-dealkylation sites (N-methyl/N-ethyl adjacent to an activating group) is 1. The highest BCUT2D eigenvalue weighted by molar-refractivity contribution is 7.98. The van der Waals surface area contributed by atoms with Gasteiger partial charge in [-0.05, 0) is 41.6 Å². The van der Waals surface area contributed by atoms with Crippen molar-refractivity contribution in [3.05, 3.63) is 59.7 Å². The highest BCUT2D eigenvalue weighted by Gasteiger charge is 2.10. The van der Waals surface area contributed by atoms with Gasteiger partial charge in [-0.15, -0.1) is 11.8 Å². The maximum atomic E-state index is 12.2. The van der Waals surface area contributed by atoms with E-state index in [1.54, 1.807) is 16.7 Å². The Balaban J connectivity index is 1.95. The van der Waals surface area contributed by atoms with Crippen molar-refractivity contribution in [1.29, 1.82) is 0 Å². The fraction of sp³-hybridized carbons (Fsp3) is 0.235. The zero-order chi connectivity index (χ0) is 15.2. The molecular formula is C17H20N2OS. The van der Waals surface area contributed by atoms with Crippen LogP contribution in [0.15, 0.2) is 53.4 Å². The smallest absolute Gasteiger partial charge is 0.227 e. The fourth-order valence-electron chi connectivity index (χ4n) is 2.11. The van der Waals surface area contributed by atoms with Crippen LogP contribution in [0.1, 0.15) is 11.1 Å². The number of carbonyl (C=O) groups excluding carboxylic acids is 1. The number of nitrogen functional groups attached to an aromatic ring is 1. The van der Waals surface area contributed by atoms with Gasteiger partial charge in [0.2, 0.25) is 5.91 Å². The third-order valence-corrected chi connectivity index (χ3v) is 4.05. The number of amides is 1. The monoisotopic (exact) mass is 300 g/mol. The molecule has 0 saturated carbocycles. The summed E-state index contributed by atoms with van der Waals surface area (Å²) in [6.07, 6.45) is 2.43. The van der Waals surface area contributed by atoms with Gasteiger partial charge < -0.3 is 10.6 Å². The number of nitrogens with two attached hydrogens (primary N) is 1. The molecular weight excluding hydrogens is 280 g/mol. The highest BCUT2D eigenvalue weighted by Crippen LogP contribution is 2.16. The van der Waals surface area contributed by atoms with E-state index in [1.165, 1.54) is 4.90 Å². The van der Waals surface area contributed by atoms with Gasteiger partial charge in [-0.3, -0.25) is 4.79 Å². The van der Waals surface area contributed by atoms with Crippen LogP contribution in [-0.2, 0) is 17.8 Å². The van der Waals surface area contributed by atoms with E-state index in [4.69, 9.17) is 5.73 Å². The number of benzene rings is 2. The first kappa shape index (κ1) is 15.4. The average Bonchev–Trinajstić information content (AvgIpc) is 2.48. The van der Waals surface area contributed by atoms with Crippen molar-refractivity contribution in [2.45, 2.75) is 17.9 Å². The van der Waals surface area contributed by atoms with E-state index >= 15 is 0 Å². The Morgan fingerprint density at radius 2 is 1.86 bits per heavy atom. The molecule has 110 valence electrons. The molecule has 0 atom stereocenters. The Kier molecular flexibility index (Phi) is 5.28. The minimum absolute atomic E-state index is 0.0922. The largest absolute Gasteiger partial charge is 0.399 e. The van der Waals surface area contributed by atoms with Crippen molar-refractivity contribution in [2.75, 3.05) is 19.0 Å². The van der Waals surface area contributed by atoms with Gasteiger partial charge in [0, 0.05) is 24.2 Å². The van der Waals surface area contributed by atoms with Crippen LogP contribution >= 0.6 is 11.8 Å². The second-order valence-electron chi connectivity index (χ2n) is 5.02. The van der Waals surface area contributed by atoms with Crippen LogP contribution in [0.5, 0.6) is 0 Å². The number of anilines is 1. The van der Waals surface area contributed by atoms with Gasteiger partial charge in [-0.25, -0.2) is 0 Å². The van der Waals surface area contributed by atoms with Crippen molar-refractivity contribution in [1.82, 2.24) is 4.90 Å². The van der Waals surface area contributed by atoms with E-state index in [2.05, 4.69) is 30.5 Å². The van der Waals surface area contributed by atoms with E-state index in [0.717, 1.165) is 11.1 Å². The molecule has 0 saturated heterocycles. The van der Waals surface area contributed by atoms with Crippen molar-refractivity contribution in [3.8, 4) is 0 Å². The van der Waals surface area contributed by atoms with Gasteiger partial charge in [0.25, 0.3) is 0 Å². The SMILES string of the molecule is CSc1ccc(CN(C)C(=O)Cc2cccc(N)c2)cc1. The first-order valence-electron chi connectivity index (χ1n) is 6.80. The molecule has 0 bridgehead atoms. The molecule has 0 aliphatic rings. The maximum absolute atomic E-state index is 12.2. The molecule has 2 aromatic carbocycles. The van der Waals surface area contributed by atoms with Gasteiger partial charge in [0.05, 0.1) is 6.42 Å². The number of thioether (sulfide) groups is 1. The van der Waals surface area contributed by atoms with Crippen molar-refractivity contribution < 1.29 is 4.79 Å². The Morgan fingerprint density at radius 3 is 2.48 bits per heavy atom. The Labute approximate surface area is 130 Å². The lowest BCUT2D eigenvalue weighted by Gasteiger charge is -2.17. The summed E-state index contributed by atoms with van der Waals surface area (Å²) in [4.78, 5) is 15.2. The molecule has 21 heavy (non-hydrogen) atoms. The molecule has 0 aliphatic carbocycles. The third kappa shape index (κ3) is 4.53. The number of nitrogens with zero attached hydrogens (tertiary/aromatic N) is 1. The zero-order valence-electron chi connectivity index (χ0n) is 12.4. The van der Waals surface area contributed by atoms with Gasteiger partial charge >= 0.3 is 0 Å². The molecule has 3 nitrogen and oxygen atoms in total. The summed E-state index contributed by atoms with van der Waals surface area (Å²) in [7, 11) is 1.83. The van der Waals surface area contributed by atoms with Crippen LogP contribution in [0.2, 0.25) is 0 Å². The number of hydrogen-bond acceptors (Lipinski definition) is 3. The molecule has 0 spiro atoms. The molecule has 2 N–H and O–H groups in total. The number of hydrogen-bond donors (Lipinski definition) is 1. The summed E-state index contributed by atoms with van der Waals surface area (Å²) in [5, 5.41) is 0. The molecule has 0 aliphatic heterocycles. The molecule has 0 aromatic heterocycles. The third-order valence-electron chi connectivity index (χ3n) is 3.31. The topological polar surface area (TPSA) is 46.3 Å². The lowest BCUT2D eigenvalue weighted by atomic mass is 10.1. The molecule has 2 aromatic rings. The van der Waals surface area contributed by atoms with E-state index in [9.17, 15) is 4.79 Å². The predicted molar refractivity (Wildman–Crippen MR) is 89.3 cm³/mol. The van der Waals surface area contributed by atoms with Crippen molar-refractivity contribution in [2.24, 2.45) is 0 Å². The lowest BCUT2D eigenvalue weighted by molar-refractivity contribution is -0.129. The minimum atomic E-state index is 0.0922. The molecule has 1 amide bonds. The lowest BCUT2D eigenvalue weighted by Crippen LogP contribution is -2.27. The van der Waals surface area contributed by atoms with Gasteiger partial charge in [0.1, 0.15) is 0 Å². The molecule has 4 heteroatoms. The van der Waals surface area contributed by atoms with E-state index in [1.807, 2.05) is 31.3 Å². The number of carbonyl (C=O) groups is 1. The summed E-state index contributed by atoms with van der Waals surface area (Å²) >= 11 is 1.71. The van der Waals surface area contributed by atoms with Crippen LogP contribution in [0.4, 0.5) is 5.69 Å². The van der Waals surface area contributed by atoms with Crippen LogP contribution in [0.3, 0.4) is 0 Å². The quantitative estimate of drug-likeness (QED) is 0.681. The maximum Gasteiger partial charge on any atom is 0.227 e. The van der Waals surface area contributed by atoms with E-state index in [-0.39, 0.29) is 5.91 Å². The van der Waals surface area contributed by atoms with Crippen LogP contribution in [0.25, 0.3) is 0 Å². The van der Waals surface area contributed by atoms with Crippen molar-refractivity contribution in [3.63, 3.8) is 0 Å². The molecule has 0 unspecified atom stereocenters. The second kappa shape index (κ2) is 7.18. The van der Waals surface area contributed by atoms with Gasteiger partial charge in [-0.1, -0.05) is 24.3 Å². The van der Waals surface area contributed by atoms with E-state index < -0.39 is 0 Å². The van der Waals surface area contributed by atoms with E-state index in [0.29, 0.717) is 18.7 Å². The predicted octanol–water partition coefficient (Wildman–Crippen LogP) is 3.19. The molecule has 0 radical (unpaired) electrons. The van der Waals surface area contributed by atoms with Crippen LogP contribution in [0, 0.1) is 0 Å². The molecule has 0 heterocycles. The molecule has 0 fully saturated rings. The van der Waals surface area contributed by atoms with Crippen LogP contribution in [-0.4, -0.2) is 24.1 Å². The summed E-state index contributed by atoms with van der Waals surface area (Å²) in [5.41, 5.74) is 8.51. The summed E-state index contributed by atoms with van der Waals surface area (Å²) in [6.45, 7) is 0.621. The summed E-state index contributed by atoms with van der Waals surface area (Å²) in [5.74, 6) is 0.0922. The average molecular weight is 300 g/mol. The zero-order valence-corrected chi connectivity index (χ0v) is 13.2. The van der Waals surface area contributed by atoms with Crippen molar-refractivity contribution >= 4 is 23.4 Å². The van der Waals surface area contributed by atoms with Gasteiger partial charge in [-0.2, -0.15) is 0 Å². The number of rotatable bonds is 5. The fourth-order valence-corrected chi connectivity index (χ4v) is 2.51. The van der Waals surface area contributed by atoms with Gasteiger partial charge in [0.15, 0.2) is 0 Å². The second-order valence-corrected chi connectivity index (χ2v) is 5.90. The summed E-state index contributed by atoms with van der Waals surface area (Å²) < 4.78 is 0. The first-order chi connectivity index (χ1) is 10.1. The first-order valence-corrected chi connectivity index (χ1v) is 8.02. The minimum Gasteiger partial charge on any atom is -0.399 e. The highest BCUT2D eigenvalue weighted by atomic mass is 32.2. The Hall–Kier alpha value is -1.94. The molecule has 2 rings (SSSR count). The Morgan fingerprint density at radius 1 is 1.14 bits per heavy atom. The Bertz CT molecular complexity index is 610. The summed E-state index contributed by atoms with van der Waals surface area (Å²) in [6, 6.07) is 15.8. The normalized spacial score (nSPS) is 10.4.